The van der Waals surface area contributed by atoms with Gasteiger partial charge in [-0.1, -0.05) is 23.4 Å². The maximum atomic E-state index is 12.6. The predicted octanol–water partition coefficient (Wildman–Crippen LogP) is 3.71. The normalized spacial score (nSPS) is 17.1. The van der Waals surface area contributed by atoms with Crippen LogP contribution in [-0.4, -0.2) is 41.1 Å². The van der Waals surface area contributed by atoms with Crippen LogP contribution in [0.2, 0.25) is 0 Å². The van der Waals surface area contributed by atoms with Crippen molar-refractivity contribution in [2.75, 3.05) is 25.5 Å². The Kier molecular flexibility index (Phi) is 5.86. The molecule has 0 saturated carbocycles. The van der Waals surface area contributed by atoms with Crippen molar-refractivity contribution in [3.05, 3.63) is 71.9 Å². The highest BCUT2D eigenvalue weighted by Crippen LogP contribution is 2.28. The number of rotatable bonds is 6. The van der Waals surface area contributed by atoms with E-state index in [1.54, 1.807) is 31.5 Å². The molecule has 4 rings (SSSR count). The smallest absolute Gasteiger partial charge is 0.294 e. The number of ether oxygens (including phenoxy) is 1. The lowest BCUT2D eigenvalue weighted by atomic mass is 9.94. The number of nitrogens with one attached hydrogen (secondary N) is 1. The maximum absolute atomic E-state index is 12.6. The molecule has 7 nitrogen and oxygen atoms in total. The predicted molar refractivity (Wildman–Crippen MR) is 109 cm³/mol. The van der Waals surface area contributed by atoms with Gasteiger partial charge in [-0.3, -0.25) is 14.7 Å². The van der Waals surface area contributed by atoms with E-state index in [-0.39, 0.29) is 17.6 Å². The molecule has 1 amide bonds. The van der Waals surface area contributed by atoms with Crippen LogP contribution in [-0.2, 0) is 6.54 Å². The Morgan fingerprint density at radius 1 is 1.31 bits per heavy atom. The summed E-state index contributed by atoms with van der Waals surface area (Å²) in [6, 6.07) is 13.1. The van der Waals surface area contributed by atoms with Crippen LogP contribution in [0.5, 0.6) is 5.75 Å². The number of para-hydroxylation sites is 2. The van der Waals surface area contributed by atoms with E-state index in [2.05, 4.69) is 26.4 Å². The van der Waals surface area contributed by atoms with Crippen LogP contribution >= 0.6 is 0 Å². The molecule has 3 aromatic rings. The summed E-state index contributed by atoms with van der Waals surface area (Å²) in [4.78, 5) is 19.2. The summed E-state index contributed by atoms with van der Waals surface area (Å²) in [5, 5.41) is 7.00. The third-order valence-corrected chi connectivity index (χ3v) is 5.16. The highest BCUT2D eigenvalue weighted by Gasteiger charge is 2.25. The summed E-state index contributed by atoms with van der Waals surface area (Å²) >= 11 is 0. The first-order chi connectivity index (χ1) is 14.2. The monoisotopic (exact) mass is 392 g/mol. The van der Waals surface area contributed by atoms with Gasteiger partial charge in [-0.2, -0.15) is 0 Å². The summed E-state index contributed by atoms with van der Waals surface area (Å²) in [5.41, 5.74) is 2.62. The van der Waals surface area contributed by atoms with E-state index < -0.39 is 0 Å². The molecule has 29 heavy (non-hydrogen) atoms. The molecule has 7 heteroatoms. The van der Waals surface area contributed by atoms with Crippen LogP contribution in [0.25, 0.3) is 0 Å². The van der Waals surface area contributed by atoms with Gasteiger partial charge in [-0.05, 0) is 43.1 Å². The fourth-order valence-electron chi connectivity index (χ4n) is 3.71. The van der Waals surface area contributed by atoms with Crippen molar-refractivity contribution in [2.45, 2.75) is 25.3 Å². The van der Waals surface area contributed by atoms with Crippen molar-refractivity contribution in [1.82, 2.24) is 15.0 Å². The Morgan fingerprint density at radius 2 is 2.21 bits per heavy atom. The lowest BCUT2D eigenvalue weighted by Gasteiger charge is -2.31. The van der Waals surface area contributed by atoms with Gasteiger partial charge in [0.2, 0.25) is 5.76 Å². The average molecular weight is 392 g/mol. The summed E-state index contributed by atoms with van der Waals surface area (Å²) in [6.07, 6.45) is 5.81. The molecule has 0 radical (unpaired) electrons. The van der Waals surface area contributed by atoms with Gasteiger partial charge in [0, 0.05) is 37.5 Å². The molecule has 3 heterocycles. The van der Waals surface area contributed by atoms with Crippen LogP contribution in [0.3, 0.4) is 0 Å². The summed E-state index contributed by atoms with van der Waals surface area (Å²) in [7, 11) is 1.57. The number of likely N-dealkylation sites (tertiary alicyclic amines) is 1. The summed E-state index contributed by atoms with van der Waals surface area (Å²) in [6.45, 7) is 2.79. The first-order valence-electron chi connectivity index (χ1n) is 9.75. The summed E-state index contributed by atoms with van der Waals surface area (Å²) < 4.78 is 10.6. The Labute approximate surface area is 169 Å². The number of carbonyl (C=O) groups excluding carboxylic acids is 1. The quantitative estimate of drug-likeness (QED) is 0.689. The number of benzene rings is 1. The molecule has 1 N–H and O–H groups in total. The molecule has 150 valence electrons. The minimum Gasteiger partial charge on any atom is -0.495 e. The van der Waals surface area contributed by atoms with Crippen molar-refractivity contribution >= 4 is 11.6 Å². The van der Waals surface area contributed by atoms with E-state index in [0.717, 1.165) is 38.2 Å². The molecule has 1 fully saturated rings. The molecule has 1 aliphatic rings. The second-order valence-corrected chi connectivity index (χ2v) is 7.21. The minimum atomic E-state index is -0.337. The standard InChI is InChI=1S/C22H24N4O3/c1-28-20-9-3-2-8-18(20)24-22(27)21-12-19(25-29-21)17-7-5-11-26(15-17)14-16-6-4-10-23-13-16/h2-4,6,8-10,12-13,17H,5,7,11,14-15H2,1H3,(H,24,27)/t17-/m1/s1. The second-order valence-electron chi connectivity index (χ2n) is 7.21. The number of carbonyl (C=O) groups is 1. The Morgan fingerprint density at radius 3 is 3.03 bits per heavy atom. The number of hydrogen-bond acceptors (Lipinski definition) is 6. The van der Waals surface area contributed by atoms with Gasteiger partial charge in [0.25, 0.3) is 5.91 Å². The number of piperidine rings is 1. The first kappa shape index (κ1) is 19.1. The zero-order valence-electron chi connectivity index (χ0n) is 16.4. The lowest BCUT2D eigenvalue weighted by molar-refractivity contribution is 0.0987. The van der Waals surface area contributed by atoms with Gasteiger partial charge in [0.1, 0.15) is 5.75 Å². The topological polar surface area (TPSA) is 80.5 Å². The van der Waals surface area contributed by atoms with E-state index in [0.29, 0.717) is 11.4 Å². The van der Waals surface area contributed by atoms with Crippen molar-refractivity contribution in [2.24, 2.45) is 0 Å². The Hall–Kier alpha value is -3.19. The van der Waals surface area contributed by atoms with Gasteiger partial charge in [0.15, 0.2) is 0 Å². The largest absolute Gasteiger partial charge is 0.495 e. The van der Waals surface area contributed by atoms with Gasteiger partial charge in [-0.15, -0.1) is 0 Å². The minimum absolute atomic E-state index is 0.204. The zero-order chi connectivity index (χ0) is 20.1. The lowest BCUT2D eigenvalue weighted by Crippen LogP contribution is -2.34. The van der Waals surface area contributed by atoms with E-state index in [9.17, 15) is 4.79 Å². The molecule has 0 bridgehead atoms. The number of aromatic nitrogens is 2. The Balaban J connectivity index is 1.41. The molecule has 1 aliphatic heterocycles. The van der Waals surface area contributed by atoms with Gasteiger partial charge < -0.3 is 14.6 Å². The second kappa shape index (κ2) is 8.87. The molecule has 2 aromatic heterocycles. The highest BCUT2D eigenvalue weighted by atomic mass is 16.5. The average Bonchev–Trinajstić information content (AvgIpc) is 3.26. The van der Waals surface area contributed by atoms with Crippen molar-refractivity contribution in [1.29, 1.82) is 0 Å². The third-order valence-electron chi connectivity index (χ3n) is 5.16. The number of amides is 1. The van der Waals surface area contributed by atoms with Crippen molar-refractivity contribution in [3.8, 4) is 5.75 Å². The van der Waals surface area contributed by atoms with Gasteiger partial charge >= 0.3 is 0 Å². The third kappa shape index (κ3) is 4.63. The first-order valence-corrected chi connectivity index (χ1v) is 9.75. The number of nitrogens with zero attached hydrogens (tertiary/aromatic N) is 3. The Bertz CT molecular complexity index is 957. The molecule has 0 aliphatic carbocycles. The maximum Gasteiger partial charge on any atom is 0.294 e. The highest BCUT2D eigenvalue weighted by molar-refractivity contribution is 6.03. The number of methoxy groups -OCH3 is 1. The molecule has 0 unspecified atom stereocenters. The van der Waals surface area contributed by atoms with E-state index in [4.69, 9.17) is 9.26 Å². The molecular formula is C22H24N4O3. The fourth-order valence-corrected chi connectivity index (χ4v) is 3.71. The molecule has 1 aromatic carbocycles. The summed E-state index contributed by atoms with van der Waals surface area (Å²) in [5.74, 6) is 0.711. The fraction of sp³-hybridized carbons (Fsp3) is 0.318. The molecule has 1 atom stereocenters. The molecule has 1 saturated heterocycles. The van der Waals surface area contributed by atoms with Crippen LogP contribution in [0.15, 0.2) is 59.4 Å². The van der Waals surface area contributed by atoms with E-state index in [1.807, 2.05) is 24.4 Å². The molecular weight excluding hydrogens is 368 g/mol. The number of hydrogen-bond donors (Lipinski definition) is 1. The number of anilines is 1. The number of pyridine rings is 1. The van der Waals surface area contributed by atoms with E-state index in [1.165, 1.54) is 5.56 Å². The zero-order valence-corrected chi connectivity index (χ0v) is 16.4. The van der Waals surface area contributed by atoms with Gasteiger partial charge in [0.05, 0.1) is 18.5 Å². The van der Waals surface area contributed by atoms with Crippen LogP contribution in [0.4, 0.5) is 5.69 Å². The van der Waals surface area contributed by atoms with Crippen LogP contribution < -0.4 is 10.1 Å². The van der Waals surface area contributed by atoms with Crippen LogP contribution in [0.1, 0.15) is 40.6 Å². The SMILES string of the molecule is COc1ccccc1NC(=O)c1cc([C@@H]2CCCN(Cc3cccnc3)C2)no1. The van der Waals surface area contributed by atoms with Gasteiger partial charge in [-0.25, -0.2) is 0 Å². The van der Waals surface area contributed by atoms with E-state index >= 15 is 0 Å². The molecule has 0 spiro atoms. The van der Waals surface area contributed by atoms with Crippen LogP contribution in [0, 0.1) is 0 Å². The van der Waals surface area contributed by atoms with Crippen molar-refractivity contribution < 1.29 is 14.1 Å². The van der Waals surface area contributed by atoms with Crippen molar-refractivity contribution in [3.63, 3.8) is 0 Å².